The first-order valence-corrected chi connectivity index (χ1v) is 5.21. The molecule has 0 aliphatic heterocycles. The molecule has 0 spiro atoms. The second-order valence-corrected chi connectivity index (χ2v) is 4.53. The maximum Gasteiger partial charge on any atom is 0.139 e. The number of hydrogen-bond donors (Lipinski definition) is 0. The summed E-state index contributed by atoms with van der Waals surface area (Å²) in [6.45, 7) is 1.90. The van der Waals surface area contributed by atoms with E-state index < -0.39 is 0 Å². The summed E-state index contributed by atoms with van der Waals surface area (Å²) in [6.07, 6.45) is 0. The van der Waals surface area contributed by atoms with E-state index in [4.69, 9.17) is 0 Å². The van der Waals surface area contributed by atoms with Crippen molar-refractivity contribution >= 4 is 47.8 Å². The normalized spacial score (nSPS) is 10.3. The molecule has 0 radical (unpaired) electrons. The first-order chi connectivity index (χ1) is 5.04. The van der Waals surface area contributed by atoms with Crippen molar-refractivity contribution in [2.75, 3.05) is 0 Å². The van der Waals surface area contributed by atoms with Crippen LogP contribution in [0.3, 0.4) is 0 Å². The van der Waals surface area contributed by atoms with Gasteiger partial charge in [0, 0.05) is 8.95 Å². The van der Waals surface area contributed by atoms with Crippen molar-refractivity contribution in [1.82, 2.24) is 0 Å². The average Bonchev–Trinajstić information content (AvgIpc) is 1.97. The monoisotopic (exact) mass is 344 g/mol. The molecule has 0 unspecified atom stereocenters. The highest BCUT2D eigenvalue weighted by Gasteiger charge is 2.09. The van der Waals surface area contributed by atoms with Gasteiger partial charge >= 0.3 is 0 Å². The molecule has 0 fully saturated rings. The van der Waals surface area contributed by atoms with Gasteiger partial charge in [0.15, 0.2) is 0 Å². The summed E-state index contributed by atoms with van der Waals surface area (Å²) >= 11 is 9.63. The van der Waals surface area contributed by atoms with Gasteiger partial charge in [-0.15, -0.1) is 0 Å². The predicted molar refractivity (Wildman–Crippen MR) is 54.2 cm³/mol. The van der Waals surface area contributed by atoms with Crippen LogP contribution in [0.5, 0.6) is 0 Å². The molecular formula is C7H4Br3F. The Morgan fingerprint density at radius 3 is 2.27 bits per heavy atom. The number of hydrogen-bond acceptors (Lipinski definition) is 0. The van der Waals surface area contributed by atoms with Crippen molar-refractivity contribution in [3.8, 4) is 0 Å². The molecule has 60 valence electrons. The van der Waals surface area contributed by atoms with Gasteiger partial charge in [-0.3, -0.25) is 0 Å². The zero-order valence-electron chi connectivity index (χ0n) is 5.59. The van der Waals surface area contributed by atoms with Gasteiger partial charge in [-0.2, -0.15) is 0 Å². The quantitative estimate of drug-likeness (QED) is 0.482. The summed E-state index contributed by atoms with van der Waals surface area (Å²) in [5.41, 5.74) is 0.985. The molecule has 0 bridgehead atoms. The fourth-order valence-corrected chi connectivity index (χ4v) is 2.14. The van der Waals surface area contributed by atoms with Crippen molar-refractivity contribution in [3.63, 3.8) is 0 Å². The second-order valence-electron chi connectivity index (χ2n) is 2.09. The van der Waals surface area contributed by atoms with Gasteiger partial charge in [0.2, 0.25) is 0 Å². The lowest BCUT2D eigenvalue weighted by atomic mass is 10.2. The van der Waals surface area contributed by atoms with Crippen molar-refractivity contribution in [1.29, 1.82) is 0 Å². The van der Waals surface area contributed by atoms with Crippen LogP contribution < -0.4 is 0 Å². The van der Waals surface area contributed by atoms with Crippen LogP contribution in [0, 0.1) is 12.7 Å². The Kier molecular flexibility index (Phi) is 3.11. The van der Waals surface area contributed by atoms with Crippen molar-refractivity contribution < 1.29 is 4.39 Å². The van der Waals surface area contributed by atoms with E-state index in [-0.39, 0.29) is 5.82 Å². The van der Waals surface area contributed by atoms with E-state index in [0.29, 0.717) is 4.47 Å². The van der Waals surface area contributed by atoms with Gasteiger partial charge in [-0.1, -0.05) is 15.9 Å². The zero-order valence-corrected chi connectivity index (χ0v) is 10.3. The summed E-state index contributed by atoms with van der Waals surface area (Å²) in [5.74, 6) is -0.269. The van der Waals surface area contributed by atoms with Crippen LogP contribution in [-0.2, 0) is 0 Å². The van der Waals surface area contributed by atoms with Gasteiger partial charge in [-0.05, 0) is 50.4 Å². The fraction of sp³-hybridized carbons (Fsp3) is 0.143. The number of rotatable bonds is 0. The van der Waals surface area contributed by atoms with E-state index in [0.717, 1.165) is 14.5 Å². The maximum atomic E-state index is 12.9. The highest BCUT2D eigenvalue weighted by Crippen LogP contribution is 2.33. The van der Waals surface area contributed by atoms with E-state index in [1.807, 2.05) is 6.92 Å². The third-order valence-corrected chi connectivity index (χ3v) is 4.47. The largest absolute Gasteiger partial charge is 0.206 e. The van der Waals surface area contributed by atoms with E-state index in [1.165, 1.54) is 6.07 Å². The molecule has 0 saturated heterocycles. The molecular weight excluding hydrogens is 343 g/mol. The Bertz CT molecular complexity index is 270. The molecule has 4 heteroatoms. The highest BCUT2D eigenvalue weighted by atomic mass is 79.9. The van der Waals surface area contributed by atoms with Crippen LogP contribution >= 0.6 is 47.8 Å². The lowest BCUT2D eigenvalue weighted by Gasteiger charge is -2.04. The van der Waals surface area contributed by atoms with Gasteiger partial charge in [0.1, 0.15) is 5.82 Å². The predicted octanol–water partition coefficient (Wildman–Crippen LogP) is 4.42. The van der Waals surface area contributed by atoms with E-state index >= 15 is 0 Å². The number of benzene rings is 1. The van der Waals surface area contributed by atoms with Gasteiger partial charge in [0.25, 0.3) is 0 Å². The smallest absolute Gasteiger partial charge is 0.139 e. The molecule has 0 nitrogen and oxygen atoms in total. The topological polar surface area (TPSA) is 0 Å². The minimum atomic E-state index is -0.269. The lowest BCUT2D eigenvalue weighted by Crippen LogP contribution is -1.85. The number of halogens is 4. The minimum Gasteiger partial charge on any atom is -0.206 e. The van der Waals surface area contributed by atoms with Crippen molar-refractivity contribution in [2.45, 2.75) is 6.92 Å². The van der Waals surface area contributed by atoms with Crippen molar-refractivity contribution in [3.05, 3.63) is 30.9 Å². The summed E-state index contributed by atoms with van der Waals surface area (Å²) < 4.78 is 14.9. The molecule has 1 aromatic rings. The van der Waals surface area contributed by atoms with Gasteiger partial charge in [-0.25, -0.2) is 4.39 Å². The van der Waals surface area contributed by atoms with Crippen LogP contribution in [0.2, 0.25) is 0 Å². The summed E-state index contributed by atoms with van der Waals surface area (Å²) in [6, 6.07) is 1.43. The molecule has 0 aliphatic rings. The Hall–Kier alpha value is 0.590. The molecule has 0 aliphatic carbocycles. The third-order valence-electron chi connectivity index (χ3n) is 1.34. The standard InChI is InChI=1S/C7H4Br3F/c1-3-4(8)2-5(11)7(10)6(3)9/h2H,1H3. The summed E-state index contributed by atoms with van der Waals surface area (Å²) in [5, 5.41) is 0. The Morgan fingerprint density at radius 2 is 1.73 bits per heavy atom. The van der Waals surface area contributed by atoms with Crippen LogP contribution in [0.25, 0.3) is 0 Å². The minimum absolute atomic E-state index is 0.269. The van der Waals surface area contributed by atoms with E-state index in [9.17, 15) is 4.39 Å². The van der Waals surface area contributed by atoms with Gasteiger partial charge in [0.05, 0.1) is 4.47 Å². The molecule has 0 N–H and O–H groups in total. The second kappa shape index (κ2) is 3.54. The molecule has 0 amide bonds. The first kappa shape index (κ1) is 9.68. The van der Waals surface area contributed by atoms with Crippen molar-refractivity contribution in [2.24, 2.45) is 0 Å². The molecule has 0 aromatic heterocycles. The fourth-order valence-electron chi connectivity index (χ4n) is 0.657. The third kappa shape index (κ3) is 1.84. The molecule has 0 heterocycles. The lowest BCUT2D eigenvalue weighted by molar-refractivity contribution is 0.618. The van der Waals surface area contributed by atoms with Crippen LogP contribution in [0.15, 0.2) is 19.5 Å². The van der Waals surface area contributed by atoms with E-state index in [2.05, 4.69) is 47.8 Å². The SMILES string of the molecule is Cc1c(Br)cc(F)c(Br)c1Br. The first-order valence-electron chi connectivity index (χ1n) is 2.83. The maximum absolute atomic E-state index is 12.9. The summed E-state index contributed by atoms with van der Waals surface area (Å²) in [4.78, 5) is 0. The Balaban J connectivity index is 3.46. The molecule has 11 heavy (non-hydrogen) atoms. The average molecular weight is 347 g/mol. The van der Waals surface area contributed by atoms with Crippen LogP contribution in [0.4, 0.5) is 4.39 Å². The molecule has 1 rings (SSSR count). The molecule has 1 aromatic carbocycles. The molecule has 0 saturated carbocycles. The van der Waals surface area contributed by atoms with Gasteiger partial charge < -0.3 is 0 Å². The Labute approximate surface area is 89.6 Å². The van der Waals surface area contributed by atoms with Crippen LogP contribution in [0.1, 0.15) is 5.56 Å². The Morgan fingerprint density at radius 1 is 1.18 bits per heavy atom. The zero-order chi connectivity index (χ0) is 8.59. The summed E-state index contributed by atoms with van der Waals surface area (Å²) in [7, 11) is 0. The van der Waals surface area contributed by atoms with E-state index in [1.54, 1.807) is 0 Å². The molecule has 0 atom stereocenters. The van der Waals surface area contributed by atoms with Crippen LogP contribution in [-0.4, -0.2) is 0 Å². The highest BCUT2D eigenvalue weighted by molar-refractivity contribution is 9.13.